The van der Waals surface area contributed by atoms with Crippen molar-refractivity contribution >= 4 is 5.91 Å². The fourth-order valence-corrected chi connectivity index (χ4v) is 3.64. The van der Waals surface area contributed by atoms with Gasteiger partial charge in [-0.2, -0.15) is 0 Å². The summed E-state index contributed by atoms with van der Waals surface area (Å²) in [5, 5.41) is 22.3. The van der Waals surface area contributed by atoms with Crippen molar-refractivity contribution in [3.05, 3.63) is 0 Å². The lowest BCUT2D eigenvalue weighted by atomic mass is 9.98. The van der Waals surface area contributed by atoms with Crippen LogP contribution in [0.25, 0.3) is 0 Å². The van der Waals surface area contributed by atoms with Gasteiger partial charge in [0.25, 0.3) is 0 Å². The topological polar surface area (TPSA) is 72.8 Å². The molecule has 21 heavy (non-hydrogen) atoms. The molecule has 122 valence electrons. The minimum atomic E-state index is -0.742. The van der Waals surface area contributed by atoms with E-state index in [1.54, 1.807) is 0 Å². The van der Waals surface area contributed by atoms with E-state index in [4.69, 9.17) is 0 Å². The van der Waals surface area contributed by atoms with Crippen LogP contribution in [0.2, 0.25) is 0 Å². The normalized spacial score (nSPS) is 25.3. The molecule has 1 saturated carbocycles. The van der Waals surface area contributed by atoms with Gasteiger partial charge in [0.2, 0.25) is 5.91 Å². The van der Waals surface area contributed by atoms with Crippen molar-refractivity contribution in [3.63, 3.8) is 0 Å². The highest BCUT2D eigenvalue weighted by Crippen LogP contribution is 2.32. The van der Waals surface area contributed by atoms with Crippen molar-refractivity contribution in [2.24, 2.45) is 0 Å². The Kier molecular flexibility index (Phi) is 6.45. The zero-order valence-corrected chi connectivity index (χ0v) is 13.0. The Balaban J connectivity index is 1.52. The first-order valence-corrected chi connectivity index (χ1v) is 8.47. The summed E-state index contributed by atoms with van der Waals surface area (Å²) in [7, 11) is 0. The third kappa shape index (κ3) is 5.24. The average Bonchev–Trinajstić information content (AvgIpc) is 3.07. The Hall–Kier alpha value is -0.650. The van der Waals surface area contributed by atoms with Crippen LogP contribution in [0, 0.1) is 0 Å². The fourth-order valence-electron chi connectivity index (χ4n) is 3.64. The third-order valence-electron chi connectivity index (χ3n) is 4.93. The first-order valence-electron chi connectivity index (χ1n) is 8.47. The minimum Gasteiger partial charge on any atom is -0.395 e. The highest BCUT2D eigenvalue weighted by molar-refractivity contribution is 5.77. The van der Waals surface area contributed by atoms with Gasteiger partial charge in [0, 0.05) is 12.6 Å². The van der Waals surface area contributed by atoms with Gasteiger partial charge in [-0.25, -0.2) is 0 Å². The van der Waals surface area contributed by atoms with Crippen LogP contribution in [0.5, 0.6) is 0 Å². The van der Waals surface area contributed by atoms with E-state index in [2.05, 4.69) is 10.2 Å². The molecular formula is C16H30N2O3. The number of nitrogens with zero attached hydrogens (tertiary/aromatic N) is 1. The van der Waals surface area contributed by atoms with Crippen molar-refractivity contribution in [2.75, 3.05) is 26.2 Å². The lowest BCUT2D eigenvalue weighted by Crippen LogP contribution is -2.35. The van der Waals surface area contributed by atoms with E-state index < -0.39 is 5.60 Å². The molecule has 1 aliphatic carbocycles. The van der Waals surface area contributed by atoms with Crippen LogP contribution in [0.1, 0.15) is 57.8 Å². The van der Waals surface area contributed by atoms with Gasteiger partial charge >= 0.3 is 0 Å². The molecule has 1 atom stereocenters. The molecule has 1 amide bonds. The maximum absolute atomic E-state index is 11.8. The number of hydrogen-bond acceptors (Lipinski definition) is 4. The summed E-state index contributed by atoms with van der Waals surface area (Å²) < 4.78 is 0. The molecule has 0 bridgehead atoms. The molecule has 1 heterocycles. The van der Waals surface area contributed by atoms with Crippen LogP contribution in [0.3, 0.4) is 0 Å². The van der Waals surface area contributed by atoms with Gasteiger partial charge in [0.15, 0.2) is 0 Å². The number of likely N-dealkylation sites (tertiary alicyclic amines) is 1. The van der Waals surface area contributed by atoms with Crippen molar-refractivity contribution in [1.29, 1.82) is 0 Å². The van der Waals surface area contributed by atoms with Crippen molar-refractivity contribution in [3.8, 4) is 0 Å². The van der Waals surface area contributed by atoms with E-state index in [0.29, 0.717) is 12.6 Å². The van der Waals surface area contributed by atoms with Gasteiger partial charge in [-0.15, -0.1) is 0 Å². The van der Waals surface area contributed by atoms with Gasteiger partial charge in [0.05, 0.1) is 18.6 Å². The maximum atomic E-state index is 11.8. The number of hydrogen-bond donors (Lipinski definition) is 3. The molecule has 2 fully saturated rings. The number of carbonyl (C=O) groups excluding carboxylic acids is 1. The summed E-state index contributed by atoms with van der Waals surface area (Å²) in [5.74, 6) is -0.0196. The van der Waals surface area contributed by atoms with E-state index >= 15 is 0 Å². The average molecular weight is 298 g/mol. The molecule has 0 aromatic heterocycles. The molecule has 0 radical (unpaired) electrons. The number of carbonyl (C=O) groups is 1. The summed E-state index contributed by atoms with van der Waals surface area (Å²) in [6.45, 7) is 3.04. The van der Waals surface area contributed by atoms with E-state index in [0.717, 1.165) is 58.0 Å². The van der Waals surface area contributed by atoms with E-state index in [-0.39, 0.29) is 18.9 Å². The summed E-state index contributed by atoms with van der Waals surface area (Å²) in [6, 6.07) is 0.344. The fraction of sp³-hybridized carbons (Fsp3) is 0.938. The molecule has 1 saturated heterocycles. The first-order chi connectivity index (χ1) is 10.1. The van der Waals surface area contributed by atoms with E-state index in [1.807, 2.05) is 0 Å². The Morgan fingerprint density at radius 1 is 1.24 bits per heavy atom. The Morgan fingerprint density at radius 3 is 2.71 bits per heavy atom. The van der Waals surface area contributed by atoms with Gasteiger partial charge in [0.1, 0.15) is 0 Å². The number of aliphatic hydroxyl groups excluding tert-OH is 1. The summed E-state index contributed by atoms with van der Waals surface area (Å²) >= 11 is 0. The lowest BCUT2D eigenvalue weighted by Gasteiger charge is -2.23. The molecular weight excluding hydrogens is 268 g/mol. The predicted octanol–water partition coefficient (Wildman–Crippen LogP) is 1.03. The molecule has 0 aromatic carbocycles. The lowest BCUT2D eigenvalue weighted by molar-refractivity contribution is -0.125. The van der Waals surface area contributed by atoms with Crippen LogP contribution in [0.15, 0.2) is 0 Å². The largest absolute Gasteiger partial charge is 0.395 e. The summed E-state index contributed by atoms with van der Waals surface area (Å²) in [5.41, 5.74) is -0.742. The second-order valence-electron chi connectivity index (χ2n) is 6.68. The van der Waals surface area contributed by atoms with Crippen LogP contribution < -0.4 is 5.32 Å². The summed E-state index contributed by atoms with van der Waals surface area (Å²) in [4.78, 5) is 14.2. The highest BCUT2D eigenvalue weighted by atomic mass is 16.3. The smallest absolute Gasteiger partial charge is 0.222 e. The molecule has 1 aliphatic heterocycles. The van der Waals surface area contributed by atoms with Crippen LogP contribution in [-0.2, 0) is 4.79 Å². The zero-order valence-electron chi connectivity index (χ0n) is 13.0. The zero-order chi connectivity index (χ0) is 15.1. The number of rotatable bonds is 8. The summed E-state index contributed by atoms with van der Waals surface area (Å²) in [6.07, 6.45) is 8.13. The van der Waals surface area contributed by atoms with Gasteiger partial charge < -0.3 is 15.5 Å². The van der Waals surface area contributed by atoms with Gasteiger partial charge in [-0.3, -0.25) is 9.69 Å². The Morgan fingerprint density at radius 2 is 2.00 bits per heavy atom. The van der Waals surface area contributed by atoms with Gasteiger partial charge in [-0.05, 0) is 51.6 Å². The van der Waals surface area contributed by atoms with Crippen LogP contribution in [0.4, 0.5) is 0 Å². The van der Waals surface area contributed by atoms with Gasteiger partial charge in [-0.1, -0.05) is 12.8 Å². The van der Waals surface area contributed by atoms with Crippen LogP contribution in [-0.4, -0.2) is 58.9 Å². The second-order valence-corrected chi connectivity index (χ2v) is 6.68. The monoisotopic (exact) mass is 298 g/mol. The molecule has 3 N–H and O–H groups in total. The van der Waals surface area contributed by atoms with E-state index in [1.165, 1.54) is 6.42 Å². The molecule has 1 unspecified atom stereocenters. The van der Waals surface area contributed by atoms with Crippen molar-refractivity contribution < 1.29 is 15.0 Å². The second kappa shape index (κ2) is 8.11. The molecule has 0 spiro atoms. The maximum Gasteiger partial charge on any atom is 0.222 e. The number of aliphatic hydroxyl groups is 2. The highest BCUT2D eigenvalue weighted by Gasteiger charge is 2.33. The SMILES string of the molecule is O=C(CC1(O)CCCC1)NCCCCN1CCCC1CO. The number of amides is 1. The van der Waals surface area contributed by atoms with E-state index in [9.17, 15) is 15.0 Å². The molecule has 5 heteroatoms. The first kappa shape index (κ1) is 16.7. The number of unbranched alkanes of at least 4 members (excludes halogenated alkanes) is 1. The Bertz CT molecular complexity index is 329. The molecule has 2 aliphatic rings. The quantitative estimate of drug-likeness (QED) is 0.585. The van der Waals surface area contributed by atoms with Crippen molar-refractivity contribution in [2.45, 2.75) is 69.4 Å². The van der Waals surface area contributed by atoms with Crippen molar-refractivity contribution in [1.82, 2.24) is 10.2 Å². The van der Waals surface area contributed by atoms with Crippen LogP contribution >= 0.6 is 0 Å². The third-order valence-corrected chi connectivity index (χ3v) is 4.93. The molecule has 2 rings (SSSR count). The standard InChI is InChI=1S/C16H30N2O3/c19-13-14-6-5-11-18(14)10-4-3-9-17-15(20)12-16(21)7-1-2-8-16/h14,19,21H,1-13H2,(H,17,20). The Labute approximate surface area is 127 Å². The molecule has 5 nitrogen and oxygen atoms in total. The minimum absolute atomic E-state index is 0.0196. The number of nitrogens with one attached hydrogen (secondary N) is 1. The molecule has 0 aromatic rings. The predicted molar refractivity (Wildman–Crippen MR) is 82.0 cm³/mol.